The lowest BCUT2D eigenvalue weighted by molar-refractivity contribution is -0.187. The Morgan fingerprint density at radius 1 is 1.30 bits per heavy atom. The summed E-state index contributed by atoms with van der Waals surface area (Å²) < 4.78 is 37.1. The lowest BCUT2D eigenvalue weighted by Crippen LogP contribution is -2.49. The Kier molecular flexibility index (Phi) is 6.29. The van der Waals surface area contributed by atoms with Crippen LogP contribution in [0.3, 0.4) is 0 Å². The molecule has 0 radical (unpaired) electrons. The Morgan fingerprint density at radius 2 is 2.00 bits per heavy atom. The van der Waals surface area contributed by atoms with Crippen molar-refractivity contribution >= 4 is 11.8 Å². The second kappa shape index (κ2) is 7.50. The van der Waals surface area contributed by atoms with Crippen molar-refractivity contribution in [3.8, 4) is 0 Å². The van der Waals surface area contributed by atoms with E-state index < -0.39 is 18.0 Å². The van der Waals surface area contributed by atoms with Gasteiger partial charge in [-0.1, -0.05) is 19.8 Å². The molecule has 7 heteroatoms. The van der Waals surface area contributed by atoms with E-state index >= 15 is 0 Å². The lowest BCUT2D eigenvalue weighted by Gasteiger charge is -2.32. The predicted molar refractivity (Wildman–Crippen MR) is 67.9 cm³/mol. The minimum Gasteiger partial charge on any atom is -0.356 e. The van der Waals surface area contributed by atoms with E-state index in [0.717, 1.165) is 24.2 Å². The SMILES string of the molecule is CCCCCNC(=O)C1CCCN(C(=O)C(F)(F)F)C1. The van der Waals surface area contributed by atoms with Crippen molar-refractivity contribution in [1.82, 2.24) is 10.2 Å². The second-order valence-corrected chi connectivity index (χ2v) is 5.09. The summed E-state index contributed by atoms with van der Waals surface area (Å²) in [4.78, 5) is 23.7. The van der Waals surface area contributed by atoms with E-state index in [-0.39, 0.29) is 19.0 Å². The Hall–Kier alpha value is -1.27. The van der Waals surface area contributed by atoms with Gasteiger partial charge in [0.15, 0.2) is 0 Å². The number of likely N-dealkylation sites (tertiary alicyclic amines) is 1. The van der Waals surface area contributed by atoms with Crippen molar-refractivity contribution in [2.45, 2.75) is 45.2 Å². The summed E-state index contributed by atoms with van der Waals surface area (Å²) in [5.41, 5.74) is 0. The van der Waals surface area contributed by atoms with Crippen LogP contribution in [0.25, 0.3) is 0 Å². The zero-order valence-corrected chi connectivity index (χ0v) is 11.6. The predicted octanol–water partition coefficient (Wildman–Crippen LogP) is 2.09. The van der Waals surface area contributed by atoms with Gasteiger partial charge in [-0.2, -0.15) is 13.2 Å². The summed E-state index contributed by atoms with van der Waals surface area (Å²) >= 11 is 0. The standard InChI is InChI=1S/C13H21F3N2O2/c1-2-3-4-7-17-11(19)10-6-5-8-18(9-10)12(20)13(14,15)16/h10H,2-9H2,1H3,(H,17,19). The van der Waals surface area contributed by atoms with Crippen molar-refractivity contribution in [3.05, 3.63) is 0 Å². The number of carbonyl (C=O) groups excluding carboxylic acids is 2. The topological polar surface area (TPSA) is 49.4 Å². The van der Waals surface area contributed by atoms with E-state index in [4.69, 9.17) is 0 Å². The molecular formula is C13H21F3N2O2. The Labute approximate surface area is 116 Å². The summed E-state index contributed by atoms with van der Waals surface area (Å²) in [7, 11) is 0. The molecule has 0 bridgehead atoms. The smallest absolute Gasteiger partial charge is 0.356 e. The van der Waals surface area contributed by atoms with Gasteiger partial charge in [0.2, 0.25) is 5.91 Å². The zero-order valence-electron chi connectivity index (χ0n) is 11.6. The summed E-state index contributed by atoms with van der Waals surface area (Å²) in [5, 5.41) is 2.73. The lowest BCUT2D eigenvalue weighted by atomic mass is 9.97. The minimum atomic E-state index is -4.86. The van der Waals surface area contributed by atoms with Crippen LogP contribution in [0.5, 0.6) is 0 Å². The number of carbonyl (C=O) groups is 2. The number of amides is 2. The van der Waals surface area contributed by atoms with Gasteiger partial charge in [-0.05, 0) is 19.3 Å². The van der Waals surface area contributed by atoms with Crippen LogP contribution in [0.2, 0.25) is 0 Å². The molecule has 1 unspecified atom stereocenters. The fraction of sp³-hybridized carbons (Fsp3) is 0.846. The number of rotatable bonds is 5. The van der Waals surface area contributed by atoms with Crippen LogP contribution in [0, 0.1) is 5.92 Å². The van der Waals surface area contributed by atoms with Crippen LogP contribution >= 0.6 is 0 Å². The minimum absolute atomic E-state index is 0.0674. The molecule has 1 fully saturated rings. The van der Waals surface area contributed by atoms with Crippen molar-refractivity contribution in [2.24, 2.45) is 5.92 Å². The molecule has 0 spiro atoms. The van der Waals surface area contributed by atoms with Gasteiger partial charge in [-0.3, -0.25) is 9.59 Å². The van der Waals surface area contributed by atoms with Crippen LogP contribution in [-0.4, -0.2) is 42.5 Å². The van der Waals surface area contributed by atoms with Gasteiger partial charge in [0, 0.05) is 19.6 Å². The molecule has 0 aromatic heterocycles. The molecule has 0 saturated carbocycles. The number of halogens is 3. The van der Waals surface area contributed by atoms with E-state index in [0.29, 0.717) is 19.4 Å². The number of hydrogen-bond acceptors (Lipinski definition) is 2. The summed E-state index contributed by atoms with van der Waals surface area (Å²) in [5.74, 6) is -2.63. The first-order valence-corrected chi connectivity index (χ1v) is 7.00. The van der Waals surface area contributed by atoms with Gasteiger partial charge < -0.3 is 10.2 Å². The Balaban J connectivity index is 2.44. The fourth-order valence-corrected chi connectivity index (χ4v) is 2.29. The number of piperidine rings is 1. The highest BCUT2D eigenvalue weighted by atomic mass is 19.4. The van der Waals surface area contributed by atoms with Gasteiger partial charge in [0.05, 0.1) is 5.92 Å². The molecule has 1 aliphatic heterocycles. The Bertz CT molecular complexity index is 345. The first-order valence-electron chi connectivity index (χ1n) is 7.00. The largest absolute Gasteiger partial charge is 0.471 e. The summed E-state index contributed by atoms with van der Waals surface area (Å²) in [6, 6.07) is 0. The van der Waals surface area contributed by atoms with Gasteiger partial charge in [-0.15, -0.1) is 0 Å². The highest BCUT2D eigenvalue weighted by Gasteiger charge is 2.44. The van der Waals surface area contributed by atoms with Gasteiger partial charge in [0.25, 0.3) is 0 Å². The van der Waals surface area contributed by atoms with Crippen LogP contribution in [-0.2, 0) is 9.59 Å². The quantitative estimate of drug-likeness (QED) is 0.789. The third-order valence-corrected chi connectivity index (χ3v) is 3.40. The molecule has 0 aromatic rings. The third-order valence-electron chi connectivity index (χ3n) is 3.40. The first kappa shape index (κ1) is 16.8. The van der Waals surface area contributed by atoms with Crippen molar-refractivity contribution in [1.29, 1.82) is 0 Å². The van der Waals surface area contributed by atoms with E-state index in [1.807, 2.05) is 6.92 Å². The van der Waals surface area contributed by atoms with Crippen LogP contribution < -0.4 is 5.32 Å². The van der Waals surface area contributed by atoms with E-state index in [1.165, 1.54) is 0 Å². The zero-order chi connectivity index (χ0) is 15.2. The highest BCUT2D eigenvalue weighted by Crippen LogP contribution is 2.23. The maximum absolute atomic E-state index is 12.4. The van der Waals surface area contributed by atoms with Crippen molar-refractivity contribution < 1.29 is 22.8 Å². The van der Waals surface area contributed by atoms with E-state index in [1.54, 1.807) is 0 Å². The molecule has 1 atom stereocenters. The number of nitrogens with one attached hydrogen (secondary N) is 1. The molecule has 1 saturated heterocycles. The van der Waals surface area contributed by atoms with Gasteiger partial charge >= 0.3 is 12.1 Å². The van der Waals surface area contributed by atoms with Crippen LogP contribution in [0.4, 0.5) is 13.2 Å². The molecule has 0 aliphatic carbocycles. The third kappa shape index (κ3) is 5.02. The average Bonchev–Trinajstić information content (AvgIpc) is 2.41. The number of nitrogens with zero attached hydrogens (tertiary/aromatic N) is 1. The van der Waals surface area contributed by atoms with Crippen molar-refractivity contribution in [3.63, 3.8) is 0 Å². The maximum Gasteiger partial charge on any atom is 0.471 e. The van der Waals surface area contributed by atoms with Crippen LogP contribution in [0.1, 0.15) is 39.0 Å². The van der Waals surface area contributed by atoms with Gasteiger partial charge in [0.1, 0.15) is 0 Å². The molecule has 116 valence electrons. The van der Waals surface area contributed by atoms with E-state index in [9.17, 15) is 22.8 Å². The molecule has 1 aliphatic rings. The molecular weight excluding hydrogens is 273 g/mol. The number of unbranched alkanes of at least 4 members (excludes halogenated alkanes) is 2. The van der Waals surface area contributed by atoms with Gasteiger partial charge in [-0.25, -0.2) is 0 Å². The second-order valence-electron chi connectivity index (χ2n) is 5.09. The van der Waals surface area contributed by atoms with Crippen LogP contribution in [0.15, 0.2) is 0 Å². The molecule has 4 nitrogen and oxygen atoms in total. The van der Waals surface area contributed by atoms with E-state index in [2.05, 4.69) is 5.32 Å². The molecule has 1 heterocycles. The molecule has 1 N–H and O–H groups in total. The highest BCUT2D eigenvalue weighted by molar-refractivity contribution is 5.84. The Morgan fingerprint density at radius 3 is 2.60 bits per heavy atom. The first-order chi connectivity index (χ1) is 9.36. The monoisotopic (exact) mass is 294 g/mol. The molecule has 0 aromatic carbocycles. The number of hydrogen-bond donors (Lipinski definition) is 1. The molecule has 2 amide bonds. The fourth-order valence-electron chi connectivity index (χ4n) is 2.29. The summed E-state index contributed by atoms with van der Waals surface area (Å²) in [6.45, 7) is 2.51. The maximum atomic E-state index is 12.4. The summed E-state index contributed by atoms with van der Waals surface area (Å²) in [6.07, 6.45) is -1.01. The molecule has 1 rings (SSSR count). The molecule has 20 heavy (non-hydrogen) atoms. The number of alkyl halides is 3. The normalized spacial score (nSPS) is 19.8. The van der Waals surface area contributed by atoms with Crippen molar-refractivity contribution in [2.75, 3.05) is 19.6 Å². The average molecular weight is 294 g/mol.